The highest BCUT2D eigenvalue weighted by molar-refractivity contribution is 5.90. The molecule has 0 heterocycles. The van der Waals surface area contributed by atoms with Gasteiger partial charge in [-0.2, -0.15) is 0 Å². The molecule has 1 rings (SSSR count). The number of benzene rings is 1. The molecule has 2 amide bonds. The van der Waals surface area contributed by atoms with Gasteiger partial charge in [-0.05, 0) is 18.6 Å². The predicted octanol–water partition coefficient (Wildman–Crippen LogP) is 0.840. The molecule has 0 aromatic heterocycles. The maximum absolute atomic E-state index is 13.5. The number of rotatable bonds is 4. The van der Waals surface area contributed by atoms with E-state index in [9.17, 15) is 18.4 Å². The van der Waals surface area contributed by atoms with Gasteiger partial charge >= 0.3 is 12.0 Å². The maximum Gasteiger partial charge on any atom is 0.334 e. The summed E-state index contributed by atoms with van der Waals surface area (Å²) >= 11 is 0. The number of aliphatic hydroxyl groups excluding tert-OH is 1. The number of amides is 2. The minimum atomic E-state index is -1.79. The van der Waals surface area contributed by atoms with Crippen LogP contribution in [0.3, 0.4) is 0 Å². The zero-order chi connectivity index (χ0) is 14.6. The van der Waals surface area contributed by atoms with Gasteiger partial charge in [0.25, 0.3) is 0 Å². The van der Waals surface area contributed by atoms with Crippen LogP contribution in [0.2, 0.25) is 0 Å². The molecule has 0 saturated heterocycles. The number of halogens is 2. The quantitative estimate of drug-likeness (QED) is 0.654. The van der Waals surface area contributed by atoms with Gasteiger partial charge in [-0.15, -0.1) is 0 Å². The summed E-state index contributed by atoms with van der Waals surface area (Å²) in [5.41, 5.74) is -0.496. The number of carboxylic acids is 1. The molecule has 0 spiro atoms. The normalized spacial score (nSPS) is 11.8. The van der Waals surface area contributed by atoms with Crippen LogP contribution in [-0.2, 0) is 4.79 Å². The van der Waals surface area contributed by atoms with Crippen molar-refractivity contribution in [3.8, 4) is 0 Å². The van der Waals surface area contributed by atoms with E-state index in [2.05, 4.69) is 0 Å². The first-order valence-electron chi connectivity index (χ1n) is 5.23. The SMILES string of the molecule is Cc1ccc(F)c(NC(=O)NC[C@H](O)C(=O)O)c1F. The zero-order valence-electron chi connectivity index (χ0n) is 9.91. The largest absolute Gasteiger partial charge is 0.479 e. The van der Waals surface area contributed by atoms with Gasteiger partial charge in [0.15, 0.2) is 11.9 Å². The summed E-state index contributed by atoms with van der Waals surface area (Å²) < 4.78 is 26.8. The van der Waals surface area contributed by atoms with E-state index in [0.717, 1.165) is 6.07 Å². The number of nitrogens with one attached hydrogen (secondary N) is 2. The smallest absolute Gasteiger partial charge is 0.334 e. The molecule has 8 heteroatoms. The molecule has 19 heavy (non-hydrogen) atoms. The number of carboxylic acid groups (broad SMARTS) is 1. The van der Waals surface area contributed by atoms with E-state index in [4.69, 9.17) is 10.2 Å². The van der Waals surface area contributed by atoms with E-state index in [-0.39, 0.29) is 5.56 Å². The van der Waals surface area contributed by atoms with Gasteiger partial charge in [-0.25, -0.2) is 18.4 Å². The minimum absolute atomic E-state index is 0.141. The van der Waals surface area contributed by atoms with Crippen molar-refractivity contribution in [2.75, 3.05) is 11.9 Å². The van der Waals surface area contributed by atoms with Gasteiger partial charge in [-0.1, -0.05) is 6.07 Å². The summed E-state index contributed by atoms with van der Waals surface area (Å²) in [5.74, 6) is -3.40. The Hall–Kier alpha value is -2.22. The molecule has 0 bridgehead atoms. The number of aliphatic carboxylic acids is 1. The Morgan fingerprint density at radius 1 is 1.37 bits per heavy atom. The van der Waals surface area contributed by atoms with E-state index in [1.165, 1.54) is 13.0 Å². The Morgan fingerprint density at radius 2 is 2.00 bits per heavy atom. The second-order valence-electron chi connectivity index (χ2n) is 3.74. The van der Waals surface area contributed by atoms with Crippen LogP contribution in [0.1, 0.15) is 5.56 Å². The molecule has 0 aliphatic heterocycles. The van der Waals surface area contributed by atoms with Crippen LogP contribution in [0.4, 0.5) is 19.3 Å². The molecule has 1 aromatic rings. The number of urea groups is 1. The zero-order valence-corrected chi connectivity index (χ0v) is 9.91. The summed E-state index contributed by atoms with van der Waals surface area (Å²) in [5, 5.41) is 21.2. The summed E-state index contributed by atoms with van der Waals surface area (Å²) in [7, 11) is 0. The second kappa shape index (κ2) is 6.10. The van der Waals surface area contributed by atoms with Gasteiger partial charge in [0, 0.05) is 0 Å². The Balaban J connectivity index is 2.68. The standard InChI is InChI=1S/C11H12F2N2O4/c1-5-2-3-6(12)9(8(5)13)15-11(19)14-4-7(16)10(17)18/h2-3,7,16H,4H2,1H3,(H,17,18)(H2,14,15,19)/t7-/m0/s1. The molecular formula is C11H12F2N2O4. The van der Waals surface area contributed by atoms with Gasteiger partial charge < -0.3 is 20.8 Å². The van der Waals surface area contributed by atoms with E-state index < -0.39 is 42.0 Å². The number of anilines is 1. The lowest BCUT2D eigenvalue weighted by Crippen LogP contribution is -2.39. The van der Waals surface area contributed by atoms with Crippen LogP contribution in [-0.4, -0.2) is 34.9 Å². The molecule has 6 nitrogen and oxygen atoms in total. The topological polar surface area (TPSA) is 98.7 Å². The maximum atomic E-state index is 13.5. The molecule has 0 aliphatic carbocycles. The van der Waals surface area contributed by atoms with E-state index >= 15 is 0 Å². The van der Waals surface area contributed by atoms with Crippen LogP contribution in [0.25, 0.3) is 0 Å². The third kappa shape index (κ3) is 3.88. The lowest BCUT2D eigenvalue weighted by atomic mass is 10.2. The first-order valence-corrected chi connectivity index (χ1v) is 5.23. The van der Waals surface area contributed by atoms with Crippen molar-refractivity contribution in [3.05, 3.63) is 29.3 Å². The highest BCUT2D eigenvalue weighted by atomic mass is 19.1. The van der Waals surface area contributed by atoms with Crippen LogP contribution in [0.5, 0.6) is 0 Å². The van der Waals surface area contributed by atoms with Crippen molar-refractivity contribution >= 4 is 17.7 Å². The van der Waals surface area contributed by atoms with Crippen LogP contribution in [0.15, 0.2) is 12.1 Å². The fourth-order valence-electron chi connectivity index (χ4n) is 1.21. The van der Waals surface area contributed by atoms with Crippen molar-refractivity contribution in [2.24, 2.45) is 0 Å². The van der Waals surface area contributed by atoms with Gasteiger partial charge in [0.2, 0.25) is 0 Å². The molecular weight excluding hydrogens is 262 g/mol. The number of hydrogen-bond acceptors (Lipinski definition) is 3. The molecule has 1 atom stereocenters. The molecule has 1 aromatic carbocycles. The lowest BCUT2D eigenvalue weighted by molar-refractivity contribution is -0.146. The third-order valence-corrected chi connectivity index (χ3v) is 2.26. The van der Waals surface area contributed by atoms with Crippen LogP contribution >= 0.6 is 0 Å². The van der Waals surface area contributed by atoms with Gasteiger partial charge in [0.05, 0.1) is 6.54 Å². The van der Waals surface area contributed by atoms with Crippen molar-refractivity contribution in [3.63, 3.8) is 0 Å². The predicted molar refractivity (Wildman–Crippen MR) is 61.8 cm³/mol. The van der Waals surface area contributed by atoms with Crippen molar-refractivity contribution in [1.82, 2.24) is 5.32 Å². The molecule has 4 N–H and O–H groups in total. The highest BCUT2D eigenvalue weighted by Crippen LogP contribution is 2.21. The molecule has 0 unspecified atom stereocenters. The number of aryl methyl sites for hydroxylation is 1. The second-order valence-corrected chi connectivity index (χ2v) is 3.74. The fourth-order valence-corrected chi connectivity index (χ4v) is 1.21. The summed E-state index contributed by atoms with van der Waals surface area (Å²) in [6.45, 7) is 0.808. The third-order valence-electron chi connectivity index (χ3n) is 2.26. The molecule has 0 aliphatic rings. The Morgan fingerprint density at radius 3 is 2.58 bits per heavy atom. The average molecular weight is 274 g/mol. The van der Waals surface area contributed by atoms with E-state index in [1.807, 2.05) is 10.6 Å². The monoisotopic (exact) mass is 274 g/mol. The summed E-state index contributed by atoms with van der Waals surface area (Å²) in [6.07, 6.45) is -1.79. The van der Waals surface area contributed by atoms with E-state index in [0.29, 0.717) is 0 Å². The first-order chi connectivity index (χ1) is 8.82. The number of carbonyl (C=O) groups excluding carboxylic acids is 1. The molecule has 0 radical (unpaired) electrons. The van der Waals surface area contributed by atoms with Crippen LogP contribution < -0.4 is 10.6 Å². The summed E-state index contributed by atoms with van der Waals surface area (Å²) in [4.78, 5) is 21.6. The van der Waals surface area contributed by atoms with Crippen molar-refractivity contribution < 1.29 is 28.6 Å². The van der Waals surface area contributed by atoms with Crippen molar-refractivity contribution in [1.29, 1.82) is 0 Å². The van der Waals surface area contributed by atoms with E-state index in [1.54, 1.807) is 0 Å². The number of hydrogen-bond donors (Lipinski definition) is 4. The first kappa shape index (κ1) is 14.8. The van der Waals surface area contributed by atoms with Gasteiger partial charge in [0.1, 0.15) is 11.5 Å². The minimum Gasteiger partial charge on any atom is -0.479 e. The number of carbonyl (C=O) groups is 2. The molecule has 0 saturated carbocycles. The van der Waals surface area contributed by atoms with Crippen molar-refractivity contribution in [2.45, 2.75) is 13.0 Å². The Bertz CT molecular complexity index is 508. The molecule has 0 fully saturated rings. The van der Waals surface area contributed by atoms with Gasteiger partial charge in [-0.3, -0.25) is 0 Å². The molecule has 104 valence electrons. The van der Waals surface area contributed by atoms with Crippen LogP contribution in [0, 0.1) is 18.6 Å². The Labute approximate surface area is 107 Å². The number of aliphatic hydroxyl groups is 1. The summed E-state index contributed by atoms with van der Waals surface area (Å²) in [6, 6.07) is 1.17. The fraction of sp³-hybridized carbons (Fsp3) is 0.273. The average Bonchev–Trinajstić information content (AvgIpc) is 2.36. The lowest BCUT2D eigenvalue weighted by Gasteiger charge is -2.11. The Kier molecular flexibility index (Phi) is 4.76. The highest BCUT2D eigenvalue weighted by Gasteiger charge is 2.17.